The average Bonchev–Trinajstić information content (AvgIpc) is 2.99. The van der Waals surface area contributed by atoms with E-state index in [-0.39, 0.29) is 11.6 Å². The van der Waals surface area contributed by atoms with Gasteiger partial charge in [-0.05, 0) is 36.1 Å². The monoisotopic (exact) mass is 372 g/mol. The standard InChI is InChI=1S/C22H20N4O2/c1-25-20-12-17(18-13-23-15-24-14-18)10-11-19(20)26(22(25)28)21(27)9-5-8-16-6-3-2-4-7-16/h2-4,6-7,10-15H,5,8-9H2,1H3. The van der Waals surface area contributed by atoms with E-state index in [4.69, 9.17) is 0 Å². The summed E-state index contributed by atoms with van der Waals surface area (Å²) < 4.78 is 2.79. The molecule has 0 fully saturated rings. The smallest absolute Gasteiger partial charge is 0.295 e. The fourth-order valence-electron chi connectivity index (χ4n) is 3.41. The lowest BCUT2D eigenvalue weighted by Gasteiger charge is -2.04. The number of imidazole rings is 1. The molecule has 2 aromatic carbocycles. The van der Waals surface area contributed by atoms with E-state index in [0.717, 1.165) is 17.5 Å². The molecule has 0 aliphatic heterocycles. The number of aryl methyl sites for hydroxylation is 2. The van der Waals surface area contributed by atoms with Gasteiger partial charge in [-0.1, -0.05) is 36.4 Å². The number of hydrogen-bond donors (Lipinski definition) is 0. The molecular formula is C22H20N4O2. The van der Waals surface area contributed by atoms with Crippen LogP contribution in [0, 0.1) is 0 Å². The molecule has 0 saturated heterocycles. The summed E-state index contributed by atoms with van der Waals surface area (Å²) in [7, 11) is 1.68. The second kappa shape index (κ2) is 7.60. The van der Waals surface area contributed by atoms with Crippen LogP contribution in [0.15, 0.2) is 72.0 Å². The van der Waals surface area contributed by atoms with Crippen LogP contribution in [0.2, 0.25) is 0 Å². The van der Waals surface area contributed by atoms with E-state index in [1.165, 1.54) is 21.0 Å². The first-order valence-electron chi connectivity index (χ1n) is 9.19. The van der Waals surface area contributed by atoms with Crippen LogP contribution >= 0.6 is 0 Å². The first-order chi connectivity index (χ1) is 13.6. The summed E-state index contributed by atoms with van der Waals surface area (Å²) in [5, 5.41) is 0. The SMILES string of the molecule is Cn1c(=O)n(C(=O)CCCc2ccccc2)c2ccc(-c3cncnc3)cc21. The van der Waals surface area contributed by atoms with Crippen molar-refractivity contribution in [2.24, 2.45) is 7.05 Å². The van der Waals surface area contributed by atoms with Gasteiger partial charge in [-0.15, -0.1) is 0 Å². The number of rotatable bonds is 5. The van der Waals surface area contributed by atoms with Gasteiger partial charge in [0.05, 0.1) is 11.0 Å². The van der Waals surface area contributed by atoms with Crippen molar-refractivity contribution < 1.29 is 4.79 Å². The molecule has 0 bridgehead atoms. The largest absolute Gasteiger partial charge is 0.335 e. The highest BCUT2D eigenvalue weighted by molar-refractivity contribution is 5.92. The van der Waals surface area contributed by atoms with Crippen LogP contribution in [0.1, 0.15) is 23.2 Å². The van der Waals surface area contributed by atoms with Crippen LogP contribution in [0.25, 0.3) is 22.2 Å². The molecule has 140 valence electrons. The summed E-state index contributed by atoms with van der Waals surface area (Å²) >= 11 is 0. The molecule has 4 aromatic rings. The van der Waals surface area contributed by atoms with Crippen molar-refractivity contribution in [1.29, 1.82) is 0 Å². The fraction of sp³-hybridized carbons (Fsp3) is 0.182. The lowest BCUT2D eigenvalue weighted by Crippen LogP contribution is -2.27. The molecular weight excluding hydrogens is 352 g/mol. The molecule has 6 nitrogen and oxygen atoms in total. The average molecular weight is 372 g/mol. The number of carbonyl (C=O) groups excluding carboxylic acids is 1. The number of aromatic nitrogens is 4. The minimum absolute atomic E-state index is 0.178. The third-order valence-corrected chi connectivity index (χ3v) is 4.90. The Kier molecular flexibility index (Phi) is 4.85. The lowest BCUT2D eigenvalue weighted by atomic mass is 10.1. The van der Waals surface area contributed by atoms with Gasteiger partial charge in [0.1, 0.15) is 6.33 Å². The van der Waals surface area contributed by atoms with Gasteiger partial charge in [-0.3, -0.25) is 9.36 Å². The second-order valence-electron chi connectivity index (χ2n) is 6.74. The van der Waals surface area contributed by atoms with E-state index in [1.54, 1.807) is 19.4 Å². The summed E-state index contributed by atoms with van der Waals surface area (Å²) in [5.41, 5.74) is 3.97. The second-order valence-corrected chi connectivity index (χ2v) is 6.74. The minimum atomic E-state index is -0.318. The van der Waals surface area contributed by atoms with E-state index in [9.17, 15) is 9.59 Å². The highest BCUT2D eigenvalue weighted by atomic mass is 16.2. The Balaban J connectivity index is 1.61. The van der Waals surface area contributed by atoms with Crippen molar-refractivity contribution in [1.82, 2.24) is 19.1 Å². The van der Waals surface area contributed by atoms with Gasteiger partial charge in [0.15, 0.2) is 0 Å². The van der Waals surface area contributed by atoms with Gasteiger partial charge >= 0.3 is 5.69 Å². The van der Waals surface area contributed by atoms with Crippen LogP contribution in [-0.2, 0) is 13.5 Å². The van der Waals surface area contributed by atoms with Gasteiger partial charge in [0.2, 0.25) is 5.91 Å². The van der Waals surface area contributed by atoms with Crippen molar-refractivity contribution in [2.45, 2.75) is 19.3 Å². The zero-order valence-electron chi connectivity index (χ0n) is 15.6. The number of hydrogen-bond acceptors (Lipinski definition) is 4. The van der Waals surface area contributed by atoms with Gasteiger partial charge < -0.3 is 0 Å². The first kappa shape index (κ1) is 17.9. The summed E-state index contributed by atoms with van der Waals surface area (Å²) in [6, 6.07) is 15.6. The summed E-state index contributed by atoms with van der Waals surface area (Å²) in [6.45, 7) is 0. The Morgan fingerprint density at radius 3 is 2.46 bits per heavy atom. The summed E-state index contributed by atoms with van der Waals surface area (Å²) in [4.78, 5) is 33.5. The number of carbonyl (C=O) groups is 1. The maximum atomic E-state index is 12.8. The molecule has 6 heteroatoms. The first-order valence-corrected chi connectivity index (χ1v) is 9.19. The molecule has 0 aliphatic carbocycles. The van der Waals surface area contributed by atoms with Crippen molar-refractivity contribution in [3.8, 4) is 11.1 Å². The maximum absolute atomic E-state index is 12.8. The third-order valence-electron chi connectivity index (χ3n) is 4.90. The van der Waals surface area contributed by atoms with E-state index in [1.807, 2.05) is 48.5 Å². The molecule has 0 saturated carbocycles. The van der Waals surface area contributed by atoms with Crippen molar-refractivity contribution >= 4 is 16.9 Å². The Morgan fingerprint density at radius 1 is 0.964 bits per heavy atom. The minimum Gasteiger partial charge on any atom is -0.295 e. The quantitative estimate of drug-likeness (QED) is 0.538. The molecule has 0 unspecified atom stereocenters. The van der Waals surface area contributed by atoms with E-state index >= 15 is 0 Å². The summed E-state index contributed by atoms with van der Waals surface area (Å²) in [5.74, 6) is -0.178. The number of fused-ring (bicyclic) bond motifs is 1. The zero-order valence-corrected chi connectivity index (χ0v) is 15.6. The molecule has 4 rings (SSSR count). The zero-order chi connectivity index (χ0) is 19.5. The molecule has 0 radical (unpaired) electrons. The summed E-state index contributed by atoms with van der Waals surface area (Å²) in [6.07, 6.45) is 6.75. The molecule has 2 heterocycles. The Labute approximate surface area is 162 Å². The number of nitrogens with zero attached hydrogens (tertiary/aromatic N) is 4. The van der Waals surface area contributed by atoms with Crippen molar-refractivity contribution in [3.63, 3.8) is 0 Å². The normalized spacial score (nSPS) is 11.0. The van der Waals surface area contributed by atoms with Gasteiger partial charge in [0, 0.05) is 31.4 Å². The predicted octanol–water partition coefficient (Wildman–Crippen LogP) is 3.46. The molecule has 28 heavy (non-hydrogen) atoms. The van der Waals surface area contributed by atoms with Crippen LogP contribution in [0.4, 0.5) is 0 Å². The fourth-order valence-corrected chi connectivity index (χ4v) is 3.41. The van der Waals surface area contributed by atoms with Crippen LogP contribution in [0.3, 0.4) is 0 Å². The van der Waals surface area contributed by atoms with Crippen molar-refractivity contribution in [2.75, 3.05) is 0 Å². The Morgan fingerprint density at radius 2 is 1.71 bits per heavy atom. The molecule has 0 amide bonds. The molecule has 0 atom stereocenters. The number of benzene rings is 2. The predicted molar refractivity (Wildman–Crippen MR) is 108 cm³/mol. The lowest BCUT2D eigenvalue weighted by molar-refractivity contribution is 0.0900. The van der Waals surface area contributed by atoms with E-state index < -0.39 is 0 Å². The molecule has 0 N–H and O–H groups in total. The molecule has 0 aliphatic rings. The maximum Gasteiger partial charge on any atom is 0.335 e. The van der Waals surface area contributed by atoms with E-state index in [0.29, 0.717) is 23.9 Å². The van der Waals surface area contributed by atoms with Gasteiger partial charge in [0.25, 0.3) is 0 Å². The van der Waals surface area contributed by atoms with Gasteiger partial charge in [-0.25, -0.2) is 19.3 Å². The Bertz CT molecular complexity index is 1180. The molecule has 0 spiro atoms. The molecule has 2 aromatic heterocycles. The highest BCUT2D eigenvalue weighted by Crippen LogP contribution is 2.23. The highest BCUT2D eigenvalue weighted by Gasteiger charge is 2.17. The van der Waals surface area contributed by atoms with Crippen LogP contribution < -0.4 is 5.69 Å². The van der Waals surface area contributed by atoms with E-state index in [2.05, 4.69) is 9.97 Å². The van der Waals surface area contributed by atoms with Crippen LogP contribution in [-0.4, -0.2) is 25.0 Å². The van der Waals surface area contributed by atoms with Crippen molar-refractivity contribution in [3.05, 3.63) is 83.3 Å². The topological polar surface area (TPSA) is 69.8 Å². The Hall–Kier alpha value is -3.54. The van der Waals surface area contributed by atoms with Crippen LogP contribution in [0.5, 0.6) is 0 Å². The van der Waals surface area contributed by atoms with Gasteiger partial charge in [-0.2, -0.15) is 0 Å². The third kappa shape index (κ3) is 3.36.